The van der Waals surface area contributed by atoms with E-state index in [4.69, 9.17) is 26.3 Å². The zero-order valence-corrected chi connectivity index (χ0v) is 9.28. The second-order valence-electron chi connectivity index (χ2n) is 3.72. The maximum Gasteiger partial charge on any atom is 0.257 e. The average Bonchev–Trinajstić information content (AvgIpc) is 2.73. The fraction of sp³-hybridized carbons (Fsp3) is 0.364. The van der Waals surface area contributed by atoms with E-state index in [1.807, 2.05) is 0 Å². The molecule has 0 aromatic rings. The minimum atomic E-state index is -2.55. The Bertz CT molecular complexity index is 672. The molecule has 0 aliphatic carbocycles. The lowest BCUT2D eigenvalue weighted by Gasteiger charge is -2.29. The van der Waals surface area contributed by atoms with Crippen LogP contribution in [0.25, 0.3) is 0 Å². The van der Waals surface area contributed by atoms with Gasteiger partial charge < -0.3 is 0 Å². The van der Waals surface area contributed by atoms with E-state index >= 15 is 0 Å². The van der Waals surface area contributed by atoms with Gasteiger partial charge in [0.05, 0.1) is 30.8 Å². The Kier molecular flexibility index (Phi) is 2.74. The number of nitriles is 7. The topological polar surface area (TPSA) is 170 Å². The molecule has 0 spiro atoms. The van der Waals surface area contributed by atoms with Crippen LogP contribution in [-0.4, -0.2) is 17.0 Å². The summed E-state index contributed by atoms with van der Waals surface area (Å²) in [5, 5.41) is 63.9. The standard InChI is InChI=1S/C11H2N8/c12-1-9(2-13)7-19(8-18)11(5-16,6-17)10(9,3-14)4-15/h7H2. The van der Waals surface area contributed by atoms with Crippen molar-refractivity contribution in [3.8, 4) is 42.6 Å². The monoisotopic (exact) mass is 246 g/mol. The van der Waals surface area contributed by atoms with Crippen molar-refractivity contribution in [3.05, 3.63) is 0 Å². The quantitative estimate of drug-likeness (QED) is 0.521. The zero-order valence-electron chi connectivity index (χ0n) is 9.28. The molecular formula is C11H2N8. The van der Waals surface area contributed by atoms with Gasteiger partial charge in [-0.05, 0) is 0 Å². The maximum absolute atomic E-state index is 9.21. The number of hydrogen-bond acceptors (Lipinski definition) is 8. The van der Waals surface area contributed by atoms with Crippen molar-refractivity contribution in [2.75, 3.05) is 6.54 Å². The summed E-state index contributed by atoms with van der Waals surface area (Å²) in [6.45, 7) is -0.654. The van der Waals surface area contributed by atoms with Crippen molar-refractivity contribution in [2.24, 2.45) is 10.8 Å². The van der Waals surface area contributed by atoms with E-state index in [0.29, 0.717) is 4.90 Å². The molecule has 0 unspecified atom stereocenters. The van der Waals surface area contributed by atoms with E-state index in [2.05, 4.69) is 0 Å². The first-order chi connectivity index (χ1) is 9.03. The Labute approximate surface area is 108 Å². The van der Waals surface area contributed by atoms with Crippen molar-refractivity contribution in [3.63, 3.8) is 0 Å². The van der Waals surface area contributed by atoms with E-state index in [9.17, 15) is 10.5 Å². The fourth-order valence-electron chi connectivity index (χ4n) is 2.05. The van der Waals surface area contributed by atoms with E-state index in [1.165, 1.54) is 42.6 Å². The molecule has 8 nitrogen and oxygen atoms in total. The third-order valence-corrected chi connectivity index (χ3v) is 3.14. The van der Waals surface area contributed by atoms with Crippen LogP contribution in [0.3, 0.4) is 0 Å². The van der Waals surface area contributed by atoms with Crippen LogP contribution in [0, 0.1) is 90.3 Å². The lowest BCUT2D eigenvalue weighted by molar-refractivity contribution is 0.272. The van der Waals surface area contributed by atoms with Crippen LogP contribution >= 0.6 is 0 Å². The number of hydrogen-bond donors (Lipinski definition) is 0. The fourth-order valence-corrected chi connectivity index (χ4v) is 2.05. The highest BCUT2D eigenvalue weighted by atomic mass is 15.3. The second kappa shape index (κ2) is 3.91. The van der Waals surface area contributed by atoms with Crippen LogP contribution in [-0.2, 0) is 0 Å². The summed E-state index contributed by atoms with van der Waals surface area (Å²) < 4.78 is 0. The summed E-state index contributed by atoms with van der Waals surface area (Å²) in [5.41, 5.74) is -7.29. The average molecular weight is 246 g/mol. The Hall–Kier alpha value is -3.77. The minimum absolute atomic E-state index is 0.534. The lowest BCUT2D eigenvalue weighted by Crippen LogP contribution is -2.52. The van der Waals surface area contributed by atoms with Gasteiger partial charge in [0.1, 0.15) is 12.1 Å². The molecule has 1 aliphatic rings. The Morgan fingerprint density at radius 3 is 1.42 bits per heavy atom. The Balaban J connectivity index is 3.95. The van der Waals surface area contributed by atoms with Gasteiger partial charge in [0, 0.05) is 0 Å². The molecule has 8 heteroatoms. The highest BCUT2D eigenvalue weighted by molar-refractivity contribution is 5.53. The van der Waals surface area contributed by atoms with Crippen LogP contribution in [0.4, 0.5) is 0 Å². The number of rotatable bonds is 0. The van der Waals surface area contributed by atoms with Gasteiger partial charge in [-0.2, -0.15) is 36.8 Å². The second-order valence-corrected chi connectivity index (χ2v) is 3.72. The molecule has 1 aliphatic heterocycles. The largest absolute Gasteiger partial charge is 0.273 e. The molecule has 1 heterocycles. The molecule has 1 saturated heterocycles. The van der Waals surface area contributed by atoms with Gasteiger partial charge in [-0.15, -0.1) is 0 Å². The number of nitrogens with zero attached hydrogens (tertiary/aromatic N) is 8. The molecule has 0 aromatic carbocycles. The van der Waals surface area contributed by atoms with Crippen LogP contribution in [0.15, 0.2) is 0 Å². The van der Waals surface area contributed by atoms with Crippen molar-refractivity contribution < 1.29 is 0 Å². The third kappa shape index (κ3) is 1.04. The smallest absolute Gasteiger partial charge is 0.257 e. The van der Waals surface area contributed by atoms with Crippen molar-refractivity contribution in [2.45, 2.75) is 5.54 Å². The molecule has 19 heavy (non-hydrogen) atoms. The van der Waals surface area contributed by atoms with Crippen molar-refractivity contribution in [1.29, 1.82) is 36.8 Å². The van der Waals surface area contributed by atoms with Gasteiger partial charge in [-0.1, -0.05) is 0 Å². The molecule has 0 atom stereocenters. The van der Waals surface area contributed by atoms with Gasteiger partial charge in [-0.3, -0.25) is 4.90 Å². The molecule has 1 rings (SSSR count). The molecule has 0 bridgehead atoms. The lowest BCUT2D eigenvalue weighted by atomic mass is 9.60. The summed E-state index contributed by atoms with van der Waals surface area (Å²) in [7, 11) is 0. The van der Waals surface area contributed by atoms with E-state index in [0.717, 1.165) is 0 Å². The van der Waals surface area contributed by atoms with Crippen molar-refractivity contribution >= 4 is 0 Å². The summed E-state index contributed by atoms with van der Waals surface area (Å²) >= 11 is 0. The van der Waals surface area contributed by atoms with Gasteiger partial charge in [0.2, 0.25) is 5.41 Å². The molecule has 0 N–H and O–H groups in total. The summed E-state index contributed by atoms with van der Waals surface area (Å²) in [5.74, 6) is 0. The van der Waals surface area contributed by atoms with Crippen LogP contribution in [0.2, 0.25) is 0 Å². The molecule has 0 radical (unpaired) electrons. The summed E-state index contributed by atoms with van der Waals surface area (Å²) in [6, 6.07) is 8.76. The normalized spacial score (nSPS) is 20.2. The Morgan fingerprint density at radius 1 is 0.684 bits per heavy atom. The van der Waals surface area contributed by atoms with Gasteiger partial charge in [-0.25, -0.2) is 0 Å². The van der Waals surface area contributed by atoms with Crippen LogP contribution < -0.4 is 0 Å². The van der Waals surface area contributed by atoms with E-state index < -0.39 is 22.9 Å². The third-order valence-electron chi connectivity index (χ3n) is 3.14. The highest BCUT2D eigenvalue weighted by Crippen LogP contribution is 2.55. The first-order valence-corrected chi connectivity index (χ1v) is 4.68. The summed E-state index contributed by atoms with van der Waals surface area (Å²) in [4.78, 5) is 0.534. The minimum Gasteiger partial charge on any atom is -0.273 e. The van der Waals surface area contributed by atoms with E-state index in [-0.39, 0.29) is 0 Å². The first kappa shape index (κ1) is 13.3. The maximum atomic E-state index is 9.21. The van der Waals surface area contributed by atoms with Gasteiger partial charge in [0.25, 0.3) is 5.54 Å². The molecule has 0 amide bonds. The molecule has 0 saturated carbocycles. The molecule has 86 valence electrons. The Morgan fingerprint density at radius 2 is 1.16 bits per heavy atom. The predicted octanol–water partition coefficient (Wildman–Crippen LogP) is -0.364. The molecule has 0 aromatic heterocycles. The number of likely N-dealkylation sites (tertiary alicyclic amines) is 1. The zero-order chi connectivity index (χ0) is 14.7. The molecular weight excluding hydrogens is 244 g/mol. The van der Waals surface area contributed by atoms with Crippen molar-refractivity contribution in [1.82, 2.24) is 4.90 Å². The predicted molar refractivity (Wildman–Crippen MR) is 53.6 cm³/mol. The summed E-state index contributed by atoms with van der Waals surface area (Å²) in [6.07, 6.45) is 1.49. The first-order valence-electron chi connectivity index (χ1n) is 4.68. The van der Waals surface area contributed by atoms with E-state index in [1.54, 1.807) is 0 Å². The SMILES string of the molecule is N#CN1CC(C#N)(C#N)C(C#N)(C#N)C1(C#N)C#N. The van der Waals surface area contributed by atoms with Gasteiger partial charge >= 0.3 is 0 Å². The van der Waals surface area contributed by atoms with Gasteiger partial charge in [0.15, 0.2) is 11.6 Å². The highest BCUT2D eigenvalue weighted by Gasteiger charge is 2.77. The van der Waals surface area contributed by atoms with Crippen LogP contribution in [0.5, 0.6) is 0 Å². The van der Waals surface area contributed by atoms with Crippen LogP contribution in [0.1, 0.15) is 0 Å². The molecule has 1 fully saturated rings.